The van der Waals surface area contributed by atoms with Gasteiger partial charge in [0.25, 0.3) is 5.91 Å². The van der Waals surface area contributed by atoms with Crippen molar-refractivity contribution in [3.05, 3.63) is 71.4 Å². The van der Waals surface area contributed by atoms with Gasteiger partial charge in [0.2, 0.25) is 17.6 Å². The molecule has 2 heterocycles. The van der Waals surface area contributed by atoms with Crippen molar-refractivity contribution in [3.8, 4) is 11.4 Å². The van der Waals surface area contributed by atoms with E-state index in [4.69, 9.17) is 4.52 Å². The third kappa shape index (κ3) is 6.57. The van der Waals surface area contributed by atoms with Gasteiger partial charge in [-0.3, -0.25) is 9.59 Å². The first-order chi connectivity index (χ1) is 17.5. The molecule has 0 saturated heterocycles. The molecule has 2 amide bonds. The van der Waals surface area contributed by atoms with Crippen LogP contribution in [0.15, 0.2) is 74.7 Å². The zero-order chi connectivity index (χ0) is 26.6. The minimum absolute atomic E-state index is 0.0242. The molecular weight excluding hydrogens is 489 g/mol. The number of amides is 2. The maximum Gasteiger partial charge on any atom is 0.416 e. The van der Waals surface area contributed by atoms with Crippen LogP contribution in [0.3, 0.4) is 0 Å². The second kappa shape index (κ2) is 10.5. The van der Waals surface area contributed by atoms with E-state index in [0.717, 1.165) is 17.7 Å². The van der Waals surface area contributed by atoms with Gasteiger partial charge in [0.15, 0.2) is 5.82 Å². The standard InChI is InChI=1S/C25H25F3N6O3/c1-24(2,14-30-22-17-8-3-4-9-18(17)23(36)33-32-22)13-29-19(35)10-11-20-31-21(34-37-20)15-6-5-7-16(12-15)25(26,27)28/h3-9,12,18,30H,10-11,13-14H2,1-2H3,(H,29,35). The van der Waals surface area contributed by atoms with Crippen LogP contribution in [0.4, 0.5) is 13.2 Å². The van der Waals surface area contributed by atoms with Crippen molar-refractivity contribution in [2.75, 3.05) is 13.1 Å². The lowest BCUT2D eigenvalue weighted by Crippen LogP contribution is -2.40. The number of allylic oxidation sites excluding steroid dienone is 3. The van der Waals surface area contributed by atoms with E-state index in [9.17, 15) is 22.8 Å². The summed E-state index contributed by atoms with van der Waals surface area (Å²) in [6, 6.07) is 4.64. The van der Waals surface area contributed by atoms with Gasteiger partial charge in [0, 0.05) is 37.1 Å². The number of rotatable bonds is 9. The first-order valence-electron chi connectivity index (χ1n) is 11.6. The Bertz CT molecular complexity index is 1310. The van der Waals surface area contributed by atoms with Crippen LogP contribution in [0.5, 0.6) is 0 Å². The highest BCUT2D eigenvalue weighted by atomic mass is 19.4. The van der Waals surface area contributed by atoms with Gasteiger partial charge in [-0.15, -0.1) is 10.2 Å². The summed E-state index contributed by atoms with van der Waals surface area (Å²) in [4.78, 5) is 28.4. The van der Waals surface area contributed by atoms with Crippen LogP contribution in [0, 0.1) is 11.3 Å². The number of aryl methyl sites for hydroxylation is 1. The monoisotopic (exact) mass is 514 g/mol. The molecule has 1 aromatic carbocycles. The molecule has 1 aliphatic carbocycles. The van der Waals surface area contributed by atoms with Gasteiger partial charge in [-0.2, -0.15) is 18.2 Å². The normalized spacial score (nSPS) is 17.2. The molecule has 1 aliphatic heterocycles. The molecule has 2 aliphatic rings. The minimum atomic E-state index is -4.48. The molecule has 1 aromatic heterocycles. The highest BCUT2D eigenvalue weighted by Crippen LogP contribution is 2.31. The van der Waals surface area contributed by atoms with Gasteiger partial charge < -0.3 is 15.2 Å². The van der Waals surface area contributed by atoms with E-state index in [-0.39, 0.29) is 47.3 Å². The lowest BCUT2D eigenvalue weighted by atomic mass is 9.91. The molecule has 1 atom stereocenters. The quantitative estimate of drug-likeness (QED) is 0.513. The summed E-state index contributed by atoms with van der Waals surface area (Å²) in [6.07, 6.45) is 2.96. The summed E-state index contributed by atoms with van der Waals surface area (Å²) in [6.45, 7) is 4.75. The Hall–Kier alpha value is -4.09. The molecule has 2 aromatic rings. The van der Waals surface area contributed by atoms with Crippen LogP contribution in [-0.2, 0) is 22.2 Å². The molecule has 0 bridgehead atoms. The summed E-state index contributed by atoms with van der Waals surface area (Å²) in [5.41, 5.74) is -0.235. The van der Waals surface area contributed by atoms with Crippen LogP contribution in [0.1, 0.15) is 31.7 Å². The van der Waals surface area contributed by atoms with E-state index in [1.807, 2.05) is 26.0 Å². The predicted molar refractivity (Wildman–Crippen MR) is 127 cm³/mol. The molecule has 2 N–H and O–H groups in total. The number of halogens is 3. The fourth-order valence-electron chi connectivity index (χ4n) is 3.68. The van der Waals surface area contributed by atoms with Crippen molar-refractivity contribution in [1.82, 2.24) is 20.8 Å². The zero-order valence-corrected chi connectivity index (χ0v) is 20.2. The molecule has 0 saturated carbocycles. The van der Waals surface area contributed by atoms with Gasteiger partial charge in [0.05, 0.1) is 11.5 Å². The molecule has 4 rings (SSSR count). The lowest BCUT2D eigenvalue weighted by Gasteiger charge is -2.27. The molecule has 194 valence electrons. The molecular formula is C25H25F3N6O3. The van der Waals surface area contributed by atoms with E-state index in [2.05, 4.69) is 31.0 Å². The predicted octanol–water partition coefficient (Wildman–Crippen LogP) is 4.37. The average Bonchev–Trinajstić information content (AvgIpc) is 3.35. The highest BCUT2D eigenvalue weighted by Gasteiger charge is 2.31. The summed E-state index contributed by atoms with van der Waals surface area (Å²) in [5.74, 6) is -0.285. The number of carbonyl (C=O) groups excluding carboxylic acids is 2. The van der Waals surface area contributed by atoms with Gasteiger partial charge >= 0.3 is 6.18 Å². The number of alkyl halides is 3. The summed E-state index contributed by atoms with van der Waals surface area (Å²) in [7, 11) is 0. The summed E-state index contributed by atoms with van der Waals surface area (Å²) in [5, 5.41) is 17.5. The number of aromatic nitrogens is 2. The van der Waals surface area contributed by atoms with Gasteiger partial charge in [-0.25, -0.2) is 0 Å². The fraction of sp³-hybridized carbons (Fsp3) is 0.360. The van der Waals surface area contributed by atoms with Crippen LogP contribution in [-0.4, -0.2) is 35.0 Å². The van der Waals surface area contributed by atoms with E-state index in [1.54, 1.807) is 12.2 Å². The smallest absolute Gasteiger partial charge is 0.368 e. The van der Waals surface area contributed by atoms with Gasteiger partial charge in [0.1, 0.15) is 0 Å². The van der Waals surface area contributed by atoms with Crippen LogP contribution < -0.4 is 10.6 Å². The van der Waals surface area contributed by atoms with Crippen LogP contribution in [0.25, 0.3) is 11.4 Å². The Morgan fingerprint density at radius 2 is 1.95 bits per heavy atom. The molecule has 9 nitrogen and oxygen atoms in total. The maximum atomic E-state index is 12.9. The molecule has 37 heavy (non-hydrogen) atoms. The number of hydrogen-bond donors (Lipinski definition) is 2. The van der Waals surface area contributed by atoms with Crippen molar-refractivity contribution in [1.29, 1.82) is 0 Å². The van der Waals surface area contributed by atoms with E-state index < -0.39 is 17.7 Å². The second-order valence-corrected chi connectivity index (χ2v) is 9.45. The largest absolute Gasteiger partial charge is 0.416 e. The molecule has 0 radical (unpaired) electrons. The molecule has 1 unspecified atom stereocenters. The first-order valence-corrected chi connectivity index (χ1v) is 11.6. The molecule has 0 spiro atoms. The van der Waals surface area contributed by atoms with Gasteiger partial charge in [-0.1, -0.05) is 55.4 Å². The van der Waals surface area contributed by atoms with Crippen LogP contribution >= 0.6 is 0 Å². The second-order valence-electron chi connectivity index (χ2n) is 9.45. The van der Waals surface area contributed by atoms with Crippen molar-refractivity contribution in [2.45, 2.75) is 32.9 Å². The number of azo groups is 1. The zero-order valence-electron chi connectivity index (χ0n) is 20.2. The Balaban J connectivity index is 1.26. The number of nitrogens with zero attached hydrogens (tertiary/aromatic N) is 4. The molecule has 12 heteroatoms. The third-order valence-corrected chi connectivity index (χ3v) is 5.79. The van der Waals surface area contributed by atoms with E-state index >= 15 is 0 Å². The SMILES string of the molecule is CC(C)(CNC(=O)CCc1nc(-c2cccc(C(F)(F)F)c2)no1)CNC1=C2C=CC=CC2C(=O)N=N1. The number of benzene rings is 1. The van der Waals surface area contributed by atoms with Crippen molar-refractivity contribution in [2.24, 2.45) is 21.6 Å². The first kappa shape index (κ1) is 26.0. The summed E-state index contributed by atoms with van der Waals surface area (Å²) < 4.78 is 43.9. The Morgan fingerprint density at radius 1 is 1.14 bits per heavy atom. The number of nitrogens with one attached hydrogen (secondary N) is 2. The van der Waals surface area contributed by atoms with Crippen molar-refractivity contribution >= 4 is 11.8 Å². The van der Waals surface area contributed by atoms with Crippen molar-refractivity contribution in [3.63, 3.8) is 0 Å². The van der Waals surface area contributed by atoms with E-state index in [1.165, 1.54) is 12.1 Å². The summed E-state index contributed by atoms with van der Waals surface area (Å²) >= 11 is 0. The Labute approximate surface area is 210 Å². The Kier molecular flexibility index (Phi) is 7.37. The highest BCUT2D eigenvalue weighted by molar-refractivity contribution is 5.86. The lowest BCUT2D eigenvalue weighted by molar-refractivity contribution is -0.137. The Morgan fingerprint density at radius 3 is 2.73 bits per heavy atom. The minimum Gasteiger partial charge on any atom is -0.368 e. The maximum absolute atomic E-state index is 12.9. The van der Waals surface area contributed by atoms with Crippen molar-refractivity contribution < 1.29 is 27.3 Å². The third-order valence-electron chi connectivity index (χ3n) is 5.79. The number of fused-ring (bicyclic) bond motifs is 1. The average molecular weight is 515 g/mol. The van der Waals surface area contributed by atoms with E-state index in [0.29, 0.717) is 18.9 Å². The number of carbonyl (C=O) groups is 2. The fourth-order valence-corrected chi connectivity index (χ4v) is 3.68. The number of hydrogen-bond acceptors (Lipinski definition) is 7. The topological polar surface area (TPSA) is 122 Å². The van der Waals surface area contributed by atoms with Crippen LogP contribution in [0.2, 0.25) is 0 Å². The van der Waals surface area contributed by atoms with Gasteiger partial charge in [-0.05, 0) is 17.5 Å². The molecule has 0 fully saturated rings.